The molecule has 108 valence electrons. The van der Waals surface area contributed by atoms with Gasteiger partial charge >= 0.3 is 0 Å². The van der Waals surface area contributed by atoms with Gasteiger partial charge in [-0.2, -0.15) is 0 Å². The monoisotopic (exact) mass is 296 g/mol. The van der Waals surface area contributed by atoms with E-state index in [0.29, 0.717) is 11.5 Å². The minimum Gasteiger partial charge on any atom is -0.497 e. The van der Waals surface area contributed by atoms with E-state index < -0.39 is 10.0 Å². The van der Waals surface area contributed by atoms with Crippen molar-refractivity contribution in [1.82, 2.24) is 9.46 Å². The highest BCUT2D eigenvalue weighted by Gasteiger charge is 2.20. The summed E-state index contributed by atoms with van der Waals surface area (Å²) >= 11 is 0. The second-order valence-corrected chi connectivity index (χ2v) is 6.42. The van der Waals surface area contributed by atoms with E-state index in [0.717, 1.165) is 5.56 Å². The summed E-state index contributed by atoms with van der Waals surface area (Å²) in [6, 6.07) is 8.83. The van der Waals surface area contributed by atoms with Gasteiger partial charge in [0.05, 0.1) is 13.3 Å². The van der Waals surface area contributed by atoms with E-state index in [-0.39, 0.29) is 12.3 Å². The van der Waals surface area contributed by atoms with Crippen LogP contribution >= 0.6 is 0 Å². The minimum atomic E-state index is -3.44. The lowest BCUT2D eigenvalue weighted by atomic mass is 10.2. The van der Waals surface area contributed by atoms with E-state index in [9.17, 15) is 8.42 Å². The Kier molecular flexibility index (Phi) is 4.41. The van der Waals surface area contributed by atoms with Crippen LogP contribution in [0.2, 0.25) is 0 Å². The van der Waals surface area contributed by atoms with Crippen LogP contribution in [0.15, 0.2) is 41.1 Å². The molecule has 1 aromatic heterocycles. The number of sulfonamides is 1. The highest BCUT2D eigenvalue weighted by molar-refractivity contribution is 7.88. The predicted octanol–water partition coefficient (Wildman–Crippen LogP) is 1.65. The van der Waals surface area contributed by atoms with Gasteiger partial charge in [-0.15, -0.1) is 0 Å². The van der Waals surface area contributed by atoms with Crippen LogP contribution in [0.5, 0.6) is 5.75 Å². The van der Waals surface area contributed by atoms with Crippen LogP contribution in [-0.2, 0) is 22.3 Å². The molecule has 0 atom stereocenters. The van der Waals surface area contributed by atoms with Crippen molar-refractivity contribution < 1.29 is 17.7 Å². The summed E-state index contributed by atoms with van der Waals surface area (Å²) in [6.07, 6.45) is 1.42. The standard InChI is InChI=1S/C13H16N2O4S/c1-15(9-11-4-3-5-12(8-11)18-2)20(16,17)10-13-6-7-14-19-13/h3-8H,9-10H2,1-2H3. The third kappa shape index (κ3) is 3.58. The molecule has 0 saturated heterocycles. The number of benzene rings is 1. The molecule has 0 N–H and O–H groups in total. The highest BCUT2D eigenvalue weighted by atomic mass is 32.2. The molecule has 0 amide bonds. The molecule has 6 nitrogen and oxygen atoms in total. The van der Waals surface area contributed by atoms with Gasteiger partial charge in [-0.1, -0.05) is 17.3 Å². The first-order valence-electron chi connectivity index (χ1n) is 5.98. The molecule has 0 aliphatic carbocycles. The van der Waals surface area contributed by atoms with E-state index in [1.54, 1.807) is 13.2 Å². The minimum absolute atomic E-state index is 0.201. The molecule has 0 unspecified atom stereocenters. The molecule has 0 radical (unpaired) electrons. The zero-order valence-electron chi connectivity index (χ0n) is 11.3. The zero-order chi connectivity index (χ0) is 14.6. The maximum absolute atomic E-state index is 12.2. The predicted molar refractivity (Wildman–Crippen MR) is 73.6 cm³/mol. The van der Waals surface area contributed by atoms with Crippen molar-refractivity contribution in [3.8, 4) is 5.75 Å². The maximum atomic E-state index is 12.2. The van der Waals surface area contributed by atoms with Gasteiger partial charge in [-0.25, -0.2) is 12.7 Å². The lowest BCUT2D eigenvalue weighted by molar-refractivity contribution is 0.387. The van der Waals surface area contributed by atoms with Crippen LogP contribution in [-0.4, -0.2) is 32.0 Å². The number of ether oxygens (including phenoxy) is 1. The summed E-state index contributed by atoms with van der Waals surface area (Å²) in [5.74, 6) is 0.819. The molecule has 0 spiro atoms. The van der Waals surface area contributed by atoms with Crippen LogP contribution < -0.4 is 4.74 Å². The number of aromatic nitrogens is 1. The normalized spacial score (nSPS) is 11.8. The second kappa shape index (κ2) is 6.06. The van der Waals surface area contributed by atoms with Crippen molar-refractivity contribution in [2.24, 2.45) is 0 Å². The van der Waals surface area contributed by atoms with Gasteiger partial charge in [-0.3, -0.25) is 0 Å². The molecule has 2 rings (SSSR count). The largest absolute Gasteiger partial charge is 0.497 e. The van der Waals surface area contributed by atoms with Crippen LogP contribution in [0.25, 0.3) is 0 Å². The van der Waals surface area contributed by atoms with Crippen molar-refractivity contribution in [3.63, 3.8) is 0 Å². The molecule has 0 bridgehead atoms. The lowest BCUT2D eigenvalue weighted by Gasteiger charge is -2.16. The van der Waals surface area contributed by atoms with E-state index >= 15 is 0 Å². The Bertz CT molecular complexity index is 653. The SMILES string of the molecule is COc1cccc(CN(C)S(=O)(=O)Cc2ccno2)c1. The van der Waals surface area contributed by atoms with E-state index in [4.69, 9.17) is 9.26 Å². The number of rotatable bonds is 6. The second-order valence-electron chi connectivity index (χ2n) is 4.34. The average Bonchev–Trinajstić information content (AvgIpc) is 2.91. The Balaban J connectivity index is 2.08. The summed E-state index contributed by atoms with van der Waals surface area (Å²) in [5.41, 5.74) is 0.855. The van der Waals surface area contributed by atoms with Gasteiger partial charge in [-0.05, 0) is 17.7 Å². The highest BCUT2D eigenvalue weighted by Crippen LogP contribution is 2.16. The van der Waals surface area contributed by atoms with Crippen molar-refractivity contribution in [2.45, 2.75) is 12.3 Å². The number of methoxy groups -OCH3 is 1. The van der Waals surface area contributed by atoms with Crippen LogP contribution in [0.3, 0.4) is 0 Å². The third-order valence-electron chi connectivity index (χ3n) is 2.83. The van der Waals surface area contributed by atoms with Crippen LogP contribution in [0, 0.1) is 0 Å². The first-order chi connectivity index (χ1) is 9.51. The van der Waals surface area contributed by atoms with Gasteiger partial charge in [0.25, 0.3) is 0 Å². The fourth-order valence-corrected chi connectivity index (χ4v) is 2.81. The average molecular weight is 296 g/mol. The van der Waals surface area contributed by atoms with E-state index in [1.807, 2.05) is 18.2 Å². The number of hydrogen-bond acceptors (Lipinski definition) is 5. The summed E-state index contributed by atoms with van der Waals surface area (Å²) in [6.45, 7) is 0.271. The van der Waals surface area contributed by atoms with Crippen LogP contribution in [0.1, 0.15) is 11.3 Å². The topological polar surface area (TPSA) is 72.6 Å². The lowest BCUT2D eigenvalue weighted by Crippen LogP contribution is -2.27. The first-order valence-corrected chi connectivity index (χ1v) is 7.58. The Hall–Kier alpha value is -1.86. The maximum Gasteiger partial charge on any atom is 0.221 e. The van der Waals surface area contributed by atoms with Crippen molar-refractivity contribution in [2.75, 3.05) is 14.2 Å². The Morgan fingerprint density at radius 2 is 2.15 bits per heavy atom. The summed E-state index contributed by atoms with van der Waals surface area (Å²) < 4.78 is 35.6. The van der Waals surface area contributed by atoms with E-state index in [1.165, 1.54) is 23.6 Å². The van der Waals surface area contributed by atoms with Gasteiger partial charge in [0, 0.05) is 19.7 Å². The molecule has 1 heterocycles. The summed E-state index contributed by atoms with van der Waals surface area (Å²) in [4.78, 5) is 0. The molecule has 0 saturated carbocycles. The molecule has 7 heteroatoms. The van der Waals surface area contributed by atoms with Crippen LogP contribution in [0.4, 0.5) is 0 Å². The number of nitrogens with zero attached hydrogens (tertiary/aromatic N) is 2. The first kappa shape index (κ1) is 14.5. The smallest absolute Gasteiger partial charge is 0.221 e. The Morgan fingerprint density at radius 1 is 1.35 bits per heavy atom. The molecule has 20 heavy (non-hydrogen) atoms. The fraction of sp³-hybridized carbons (Fsp3) is 0.308. The Labute approximate surface area is 118 Å². The molecule has 0 aliphatic heterocycles. The molecular formula is C13H16N2O4S. The van der Waals surface area contributed by atoms with Gasteiger partial charge < -0.3 is 9.26 Å². The molecular weight excluding hydrogens is 280 g/mol. The molecule has 0 aliphatic rings. The van der Waals surface area contributed by atoms with Crippen molar-refractivity contribution in [3.05, 3.63) is 47.9 Å². The third-order valence-corrected chi connectivity index (χ3v) is 4.56. The number of hydrogen-bond donors (Lipinski definition) is 0. The van der Waals surface area contributed by atoms with Gasteiger partial charge in [0.1, 0.15) is 11.5 Å². The van der Waals surface area contributed by atoms with Crippen molar-refractivity contribution in [1.29, 1.82) is 0 Å². The Morgan fingerprint density at radius 3 is 2.80 bits per heavy atom. The van der Waals surface area contributed by atoms with Gasteiger partial charge in [0.2, 0.25) is 10.0 Å². The summed E-state index contributed by atoms with van der Waals surface area (Å²) in [5, 5.41) is 3.50. The van der Waals surface area contributed by atoms with E-state index in [2.05, 4.69) is 5.16 Å². The molecule has 0 fully saturated rings. The quantitative estimate of drug-likeness (QED) is 0.810. The summed E-state index contributed by atoms with van der Waals surface area (Å²) in [7, 11) is -0.336. The van der Waals surface area contributed by atoms with Crippen molar-refractivity contribution >= 4 is 10.0 Å². The molecule has 1 aromatic carbocycles. The zero-order valence-corrected chi connectivity index (χ0v) is 12.1. The fourth-order valence-electron chi connectivity index (χ4n) is 1.73. The van der Waals surface area contributed by atoms with Gasteiger partial charge in [0.15, 0.2) is 5.76 Å². The molecule has 2 aromatic rings.